The first-order chi connectivity index (χ1) is 16.4. The molecule has 1 aromatic carbocycles. The number of hydrogen-bond acceptors (Lipinski definition) is 9. The van der Waals surface area contributed by atoms with Gasteiger partial charge in [-0.3, -0.25) is 4.57 Å². The first-order valence-corrected chi connectivity index (χ1v) is 11.4. The molecule has 10 nitrogen and oxygen atoms in total. The minimum atomic E-state index is -0.328. The number of nitrogens with zero attached hydrogens (tertiary/aromatic N) is 4. The van der Waals surface area contributed by atoms with Crippen LogP contribution in [-0.2, 0) is 34.5 Å². The monoisotopic (exact) mass is 468 g/mol. The minimum Gasteiger partial charge on any atom is -0.485 e. The molecule has 180 valence electrons. The molecule has 0 bridgehead atoms. The van der Waals surface area contributed by atoms with E-state index in [1.54, 1.807) is 10.6 Å². The number of benzene rings is 1. The molecule has 10 heteroatoms. The third-order valence-electron chi connectivity index (χ3n) is 5.72. The van der Waals surface area contributed by atoms with Gasteiger partial charge in [-0.2, -0.15) is 9.97 Å². The van der Waals surface area contributed by atoms with E-state index in [0.717, 1.165) is 16.8 Å². The Balaban J connectivity index is 1.31. The maximum Gasteiger partial charge on any atom is 0.351 e. The molecule has 0 N–H and O–H groups in total. The van der Waals surface area contributed by atoms with E-state index < -0.39 is 0 Å². The van der Waals surface area contributed by atoms with E-state index >= 15 is 0 Å². The average molecular weight is 469 g/mol. The lowest BCUT2D eigenvalue weighted by Crippen LogP contribution is -2.34. The van der Waals surface area contributed by atoms with Crippen molar-refractivity contribution in [2.24, 2.45) is 0 Å². The molecule has 1 saturated heterocycles. The van der Waals surface area contributed by atoms with Crippen LogP contribution in [0.2, 0.25) is 0 Å². The highest BCUT2D eigenvalue weighted by Crippen LogP contribution is 2.32. The van der Waals surface area contributed by atoms with Gasteiger partial charge < -0.3 is 23.5 Å². The van der Waals surface area contributed by atoms with Crippen LogP contribution in [-0.4, -0.2) is 52.2 Å². The summed E-state index contributed by atoms with van der Waals surface area (Å²) < 4.78 is 29.7. The van der Waals surface area contributed by atoms with Gasteiger partial charge in [0.1, 0.15) is 18.5 Å². The van der Waals surface area contributed by atoms with Gasteiger partial charge in [-0.05, 0) is 30.2 Å². The average Bonchev–Trinajstić information content (AvgIpc) is 3.32. The number of fused-ring (bicyclic) bond motifs is 3. The van der Waals surface area contributed by atoms with Crippen molar-refractivity contribution in [3.8, 4) is 22.9 Å². The van der Waals surface area contributed by atoms with Crippen molar-refractivity contribution in [3.05, 3.63) is 52.0 Å². The van der Waals surface area contributed by atoms with E-state index in [4.69, 9.17) is 23.5 Å². The van der Waals surface area contributed by atoms with Crippen LogP contribution in [0.1, 0.15) is 38.0 Å². The lowest BCUT2D eigenvalue weighted by atomic mass is 9.97. The smallest absolute Gasteiger partial charge is 0.351 e. The standard InChI is InChI=1S/C24H28N4O6/c1-24(2,3)22-25-20(27-34-22)14-32-16-4-5-18-15(10-16)6-7-28-19(18)11-21(26-23(28)29)33-13-17-12-30-8-9-31-17/h4-5,10-11,17H,6-9,12-14H2,1-3H3. The van der Waals surface area contributed by atoms with Crippen LogP contribution in [0.25, 0.3) is 11.3 Å². The molecule has 1 atom stereocenters. The summed E-state index contributed by atoms with van der Waals surface area (Å²) in [6, 6.07) is 7.62. The van der Waals surface area contributed by atoms with Gasteiger partial charge in [0.15, 0.2) is 6.61 Å². The predicted octanol–water partition coefficient (Wildman–Crippen LogP) is 2.52. The second kappa shape index (κ2) is 9.19. The first kappa shape index (κ1) is 22.5. The van der Waals surface area contributed by atoms with Crippen LogP contribution in [0.3, 0.4) is 0 Å². The molecule has 2 aromatic heterocycles. The summed E-state index contributed by atoms with van der Waals surface area (Å²) in [5.41, 5.74) is 2.27. The quantitative estimate of drug-likeness (QED) is 0.539. The van der Waals surface area contributed by atoms with Gasteiger partial charge in [0.25, 0.3) is 0 Å². The number of aryl methyl sites for hydroxylation is 1. The van der Waals surface area contributed by atoms with Gasteiger partial charge in [-0.1, -0.05) is 25.9 Å². The third-order valence-corrected chi connectivity index (χ3v) is 5.72. The second-order valence-electron chi connectivity index (χ2n) is 9.42. The Bertz CT molecular complexity index is 1220. The largest absolute Gasteiger partial charge is 0.485 e. The number of rotatable bonds is 6. The normalized spacial score (nSPS) is 17.7. The number of ether oxygens (including phenoxy) is 4. The Morgan fingerprint density at radius 1 is 1.15 bits per heavy atom. The lowest BCUT2D eigenvalue weighted by Gasteiger charge is -2.24. The predicted molar refractivity (Wildman–Crippen MR) is 121 cm³/mol. The van der Waals surface area contributed by atoms with Gasteiger partial charge >= 0.3 is 5.69 Å². The fourth-order valence-electron chi connectivity index (χ4n) is 3.92. The van der Waals surface area contributed by atoms with Gasteiger partial charge in [-0.25, -0.2) is 4.79 Å². The molecule has 5 rings (SSSR count). The molecule has 1 unspecified atom stereocenters. The summed E-state index contributed by atoms with van der Waals surface area (Å²) in [7, 11) is 0. The van der Waals surface area contributed by atoms with E-state index in [1.165, 1.54) is 0 Å². The van der Waals surface area contributed by atoms with Crippen molar-refractivity contribution < 1.29 is 23.5 Å². The van der Waals surface area contributed by atoms with E-state index in [9.17, 15) is 4.79 Å². The van der Waals surface area contributed by atoms with E-state index in [1.807, 2.05) is 39.0 Å². The van der Waals surface area contributed by atoms with Crippen molar-refractivity contribution in [1.29, 1.82) is 0 Å². The van der Waals surface area contributed by atoms with Gasteiger partial charge in [-0.15, -0.1) is 0 Å². The van der Waals surface area contributed by atoms with E-state index in [-0.39, 0.29) is 36.3 Å². The molecule has 3 aromatic rings. The van der Waals surface area contributed by atoms with Gasteiger partial charge in [0.05, 0.1) is 25.5 Å². The molecule has 1 fully saturated rings. The Kier molecular flexibility index (Phi) is 6.09. The molecule has 2 aliphatic rings. The molecular formula is C24H28N4O6. The summed E-state index contributed by atoms with van der Waals surface area (Å²) in [6.07, 6.45) is 0.533. The number of hydrogen-bond donors (Lipinski definition) is 0. The molecule has 4 heterocycles. The Morgan fingerprint density at radius 2 is 2.03 bits per heavy atom. The maximum absolute atomic E-state index is 12.6. The van der Waals surface area contributed by atoms with Crippen molar-refractivity contribution in [2.45, 2.75) is 51.9 Å². The van der Waals surface area contributed by atoms with Gasteiger partial charge in [0.2, 0.25) is 17.6 Å². The SMILES string of the molecule is CC(C)(C)c1nc(COc2ccc3c(c2)CCn2c-3cc(OCC3COCCO3)nc2=O)no1. The highest BCUT2D eigenvalue weighted by Gasteiger charge is 2.23. The lowest BCUT2D eigenvalue weighted by molar-refractivity contribution is -0.102. The Hall–Kier alpha value is -3.24. The molecule has 2 aliphatic heterocycles. The molecule has 0 saturated carbocycles. The van der Waals surface area contributed by atoms with E-state index in [2.05, 4.69) is 15.1 Å². The minimum absolute atomic E-state index is 0.167. The summed E-state index contributed by atoms with van der Waals surface area (Å²) in [5.74, 6) is 2.06. The Morgan fingerprint density at radius 3 is 2.79 bits per heavy atom. The Labute approximate surface area is 196 Å². The zero-order valence-corrected chi connectivity index (χ0v) is 19.6. The fourth-order valence-corrected chi connectivity index (χ4v) is 3.92. The topological polar surface area (TPSA) is 111 Å². The third kappa shape index (κ3) is 4.83. The van der Waals surface area contributed by atoms with Crippen LogP contribution in [0.4, 0.5) is 0 Å². The highest BCUT2D eigenvalue weighted by molar-refractivity contribution is 5.67. The molecule has 0 amide bonds. The second-order valence-corrected chi connectivity index (χ2v) is 9.42. The maximum atomic E-state index is 12.6. The van der Waals surface area contributed by atoms with Crippen LogP contribution in [0, 0.1) is 0 Å². The van der Waals surface area contributed by atoms with Gasteiger partial charge in [0, 0.05) is 23.6 Å². The first-order valence-electron chi connectivity index (χ1n) is 11.4. The molecule has 0 aliphatic carbocycles. The van der Waals surface area contributed by atoms with Crippen LogP contribution < -0.4 is 15.2 Å². The van der Waals surface area contributed by atoms with E-state index in [0.29, 0.717) is 50.3 Å². The summed E-state index contributed by atoms with van der Waals surface area (Å²) in [6.45, 7) is 8.67. The molecule has 0 spiro atoms. The fraction of sp³-hybridized carbons (Fsp3) is 0.500. The summed E-state index contributed by atoms with van der Waals surface area (Å²) in [4.78, 5) is 21.1. The highest BCUT2D eigenvalue weighted by atomic mass is 16.6. The van der Waals surface area contributed by atoms with Crippen molar-refractivity contribution >= 4 is 0 Å². The van der Waals surface area contributed by atoms with Crippen LogP contribution in [0.5, 0.6) is 11.6 Å². The van der Waals surface area contributed by atoms with Crippen LogP contribution in [0.15, 0.2) is 33.6 Å². The summed E-state index contributed by atoms with van der Waals surface area (Å²) >= 11 is 0. The summed E-state index contributed by atoms with van der Waals surface area (Å²) in [5, 5.41) is 4.00. The van der Waals surface area contributed by atoms with Crippen molar-refractivity contribution in [3.63, 3.8) is 0 Å². The zero-order valence-electron chi connectivity index (χ0n) is 19.6. The molecule has 0 radical (unpaired) electrons. The van der Waals surface area contributed by atoms with Crippen molar-refractivity contribution in [2.75, 3.05) is 26.4 Å². The van der Waals surface area contributed by atoms with Crippen molar-refractivity contribution in [1.82, 2.24) is 19.7 Å². The molecule has 34 heavy (non-hydrogen) atoms. The molecular weight excluding hydrogens is 440 g/mol. The zero-order chi connectivity index (χ0) is 23.7. The number of aromatic nitrogens is 4. The van der Waals surface area contributed by atoms with Crippen LogP contribution >= 0.6 is 0 Å².